The highest BCUT2D eigenvalue weighted by molar-refractivity contribution is 6.39. The lowest BCUT2D eigenvalue weighted by molar-refractivity contribution is -0.139. The topological polar surface area (TPSA) is 168 Å². The van der Waals surface area contributed by atoms with E-state index in [1.54, 1.807) is 13.0 Å². The molecular weight excluding hydrogens is 506 g/mol. The molecule has 0 aliphatic carbocycles. The second-order valence-corrected chi connectivity index (χ2v) is 7.93. The van der Waals surface area contributed by atoms with Crippen LogP contribution in [0.15, 0.2) is 76.2 Å². The first-order valence-corrected chi connectivity index (χ1v) is 12.0. The van der Waals surface area contributed by atoms with Crippen molar-refractivity contribution < 1.29 is 33.1 Å². The van der Waals surface area contributed by atoms with Crippen LogP contribution in [0, 0.1) is 0 Å². The SMILES string of the molecule is CCOC(=O)c1ccc(NC(=O)C(=O)NCc2ccc(/C=N/NC(=O)C(=O)NCCc3ccccc3)o2)cc1. The molecule has 0 atom stereocenters. The molecule has 3 aromatic rings. The Kier molecular flexibility index (Phi) is 10.5. The standard InChI is InChI=1S/C27H27N5O7/c1-2-38-27(37)19-8-10-20(11-9-19)31-25(35)23(33)29-16-21-12-13-22(39-21)17-30-32-26(36)24(34)28-15-14-18-6-4-3-5-7-18/h3-13,17H,2,14-16H2,1H3,(H,28,34)(H,29,33)(H,31,35)(H,32,36)/b30-17+. The number of nitrogens with zero attached hydrogens (tertiary/aromatic N) is 1. The molecule has 2 aromatic carbocycles. The molecule has 39 heavy (non-hydrogen) atoms. The van der Waals surface area contributed by atoms with E-state index in [9.17, 15) is 24.0 Å². The molecule has 0 radical (unpaired) electrons. The van der Waals surface area contributed by atoms with Crippen LogP contribution in [-0.2, 0) is 36.9 Å². The van der Waals surface area contributed by atoms with Crippen LogP contribution in [0.3, 0.4) is 0 Å². The Balaban J connectivity index is 1.37. The van der Waals surface area contributed by atoms with E-state index in [0.29, 0.717) is 30.0 Å². The summed E-state index contributed by atoms with van der Waals surface area (Å²) in [5.74, 6) is -3.48. The zero-order valence-electron chi connectivity index (χ0n) is 21.1. The summed E-state index contributed by atoms with van der Waals surface area (Å²) in [7, 11) is 0. The molecule has 12 heteroatoms. The summed E-state index contributed by atoms with van der Waals surface area (Å²) < 4.78 is 10.3. The van der Waals surface area contributed by atoms with Crippen LogP contribution in [0.1, 0.15) is 34.4 Å². The van der Waals surface area contributed by atoms with Crippen molar-refractivity contribution in [1.82, 2.24) is 16.1 Å². The molecule has 3 rings (SSSR count). The van der Waals surface area contributed by atoms with E-state index in [0.717, 1.165) is 5.56 Å². The molecule has 0 bridgehead atoms. The van der Waals surface area contributed by atoms with Gasteiger partial charge in [-0.2, -0.15) is 5.10 Å². The minimum Gasteiger partial charge on any atom is -0.462 e. The summed E-state index contributed by atoms with van der Waals surface area (Å²) in [5, 5.41) is 11.0. The van der Waals surface area contributed by atoms with Crippen molar-refractivity contribution in [2.24, 2.45) is 5.10 Å². The number of furan rings is 1. The number of benzene rings is 2. The number of hydrogen-bond donors (Lipinski definition) is 4. The lowest BCUT2D eigenvalue weighted by atomic mass is 10.1. The third-order valence-electron chi connectivity index (χ3n) is 5.07. The Morgan fingerprint density at radius 1 is 0.846 bits per heavy atom. The number of rotatable bonds is 10. The molecule has 0 aliphatic heterocycles. The number of esters is 1. The molecule has 4 amide bonds. The molecule has 202 valence electrons. The molecule has 0 saturated heterocycles. The predicted molar refractivity (Wildman–Crippen MR) is 140 cm³/mol. The lowest BCUT2D eigenvalue weighted by Crippen LogP contribution is -2.38. The third-order valence-corrected chi connectivity index (χ3v) is 5.07. The Morgan fingerprint density at radius 3 is 2.28 bits per heavy atom. The van der Waals surface area contributed by atoms with Crippen molar-refractivity contribution in [3.05, 3.63) is 89.4 Å². The maximum atomic E-state index is 12.1. The largest absolute Gasteiger partial charge is 0.462 e. The second-order valence-electron chi connectivity index (χ2n) is 7.93. The molecular formula is C27H27N5O7. The van der Waals surface area contributed by atoms with Crippen molar-refractivity contribution >= 4 is 41.5 Å². The Labute approximate surface area is 223 Å². The zero-order valence-corrected chi connectivity index (χ0v) is 21.1. The van der Waals surface area contributed by atoms with Crippen LogP contribution in [0.25, 0.3) is 0 Å². The van der Waals surface area contributed by atoms with E-state index in [1.165, 1.54) is 36.5 Å². The van der Waals surface area contributed by atoms with E-state index in [1.807, 2.05) is 30.3 Å². The number of ether oxygens (including phenoxy) is 1. The smallest absolute Gasteiger partial charge is 0.338 e. The number of carbonyl (C=O) groups excluding carboxylic acids is 5. The summed E-state index contributed by atoms with van der Waals surface area (Å²) in [5.41, 5.74) is 3.78. The van der Waals surface area contributed by atoms with E-state index >= 15 is 0 Å². The van der Waals surface area contributed by atoms with Crippen LogP contribution in [0.5, 0.6) is 0 Å². The molecule has 0 spiro atoms. The minimum absolute atomic E-state index is 0.0852. The fraction of sp³-hybridized carbons (Fsp3) is 0.185. The van der Waals surface area contributed by atoms with Gasteiger partial charge in [0, 0.05) is 12.2 Å². The first kappa shape index (κ1) is 28.3. The highest BCUT2D eigenvalue weighted by Gasteiger charge is 2.15. The van der Waals surface area contributed by atoms with Gasteiger partial charge in [0.2, 0.25) is 0 Å². The monoisotopic (exact) mass is 533 g/mol. The van der Waals surface area contributed by atoms with Gasteiger partial charge in [-0.3, -0.25) is 19.2 Å². The summed E-state index contributed by atoms with van der Waals surface area (Å²) in [6.07, 6.45) is 1.77. The minimum atomic E-state index is -0.931. The van der Waals surface area contributed by atoms with Crippen LogP contribution in [0.2, 0.25) is 0 Å². The fourth-order valence-electron chi connectivity index (χ4n) is 3.15. The van der Waals surface area contributed by atoms with E-state index < -0.39 is 29.6 Å². The van der Waals surface area contributed by atoms with Gasteiger partial charge < -0.3 is 25.1 Å². The summed E-state index contributed by atoms with van der Waals surface area (Å²) >= 11 is 0. The molecule has 1 aromatic heterocycles. The van der Waals surface area contributed by atoms with E-state index in [2.05, 4.69) is 26.5 Å². The maximum Gasteiger partial charge on any atom is 0.338 e. The number of anilines is 1. The average Bonchev–Trinajstić information content (AvgIpc) is 3.40. The molecule has 0 saturated carbocycles. The first-order chi connectivity index (χ1) is 18.9. The van der Waals surface area contributed by atoms with Crippen molar-refractivity contribution in [1.29, 1.82) is 0 Å². The maximum absolute atomic E-state index is 12.1. The fourth-order valence-corrected chi connectivity index (χ4v) is 3.15. The van der Waals surface area contributed by atoms with Gasteiger partial charge in [0.05, 0.1) is 24.9 Å². The van der Waals surface area contributed by atoms with Crippen LogP contribution in [0.4, 0.5) is 5.69 Å². The second kappa shape index (κ2) is 14.5. The Bertz CT molecular complexity index is 1330. The number of hydrazone groups is 1. The van der Waals surface area contributed by atoms with Crippen molar-refractivity contribution in [2.45, 2.75) is 19.9 Å². The number of nitrogens with one attached hydrogen (secondary N) is 4. The van der Waals surface area contributed by atoms with Gasteiger partial charge in [0.15, 0.2) is 0 Å². The third kappa shape index (κ3) is 9.28. The Morgan fingerprint density at radius 2 is 1.56 bits per heavy atom. The van der Waals surface area contributed by atoms with Crippen LogP contribution >= 0.6 is 0 Å². The zero-order chi connectivity index (χ0) is 28.0. The molecule has 0 aliphatic rings. The predicted octanol–water partition coefficient (Wildman–Crippen LogP) is 1.52. The quantitative estimate of drug-likeness (QED) is 0.133. The van der Waals surface area contributed by atoms with Gasteiger partial charge >= 0.3 is 29.6 Å². The molecule has 12 nitrogen and oxygen atoms in total. The number of amides is 4. The highest BCUT2D eigenvalue weighted by Crippen LogP contribution is 2.11. The lowest BCUT2D eigenvalue weighted by Gasteiger charge is -2.07. The molecule has 1 heterocycles. The van der Waals surface area contributed by atoms with Gasteiger partial charge in [0.25, 0.3) is 0 Å². The average molecular weight is 534 g/mol. The summed E-state index contributed by atoms with van der Waals surface area (Å²) in [6.45, 7) is 2.15. The van der Waals surface area contributed by atoms with Crippen molar-refractivity contribution in [2.75, 3.05) is 18.5 Å². The van der Waals surface area contributed by atoms with Crippen molar-refractivity contribution in [3.8, 4) is 0 Å². The van der Waals surface area contributed by atoms with Gasteiger partial charge in [0.1, 0.15) is 11.5 Å². The molecule has 4 N–H and O–H groups in total. The normalized spacial score (nSPS) is 10.5. The summed E-state index contributed by atoms with van der Waals surface area (Å²) in [6, 6.07) is 18.5. The number of hydrogen-bond acceptors (Lipinski definition) is 8. The number of carbonyl (C=O) groups is 5. The van der Waals surface area contributed by atoms with Crippen LogP contribution < -0.4 is 21.4 Å². The molecule has 0 unspecified atom stereocenters. The molecule has 0 fully saturated rings. The van der Waals surface area contributed by atoms with Gasteiger partial charge in [-0.05, 0) is 55.3 Å². The van der Waals surface area contributed by atoms with Gasteiger partial charge in [-0.15, -0.1) is 0 Å². The van der Waals surface area contributed by atoms with Gasteiger partial charge in [-0.25, -0.2) is 10.2 Å². The van der Waals surface area contributed by atoms with Crippen LogP contribution in [-0.4, -0.2) is 49.0 Å². The van der Waals surface area contributed by atoms with Crippen molar-refractivity contribution in [3.63, 3.8) is 0 Å². The first-order valence-electron chi connectivity index (χ1n) is 12.0. The van der Waals surface area contributed by atoms with E-state index in [-0.39, 0.29) is 18.9 Å². The highest BCUT2D eigenvalue weighted by atomic mass is 16.5. The van der Waals surface area contributed by atoms with E-state index in [4.69, 9.17) is 9.15 Å². The van der Waals surface area contributed by atoms with Gasteiger partial charge in [-0.1, -0.05) is 30.3 Å². The Hall–Kier alpha value is -5.26. The summed E-state index contributed by atoms with van der Waals surface area (Å²) in [4.78, 5) is 59.6.